The van der Waals surface area contributed by atoms with E-state index in [1.165, 1.54) is 6.07 Å². The summed E-state index contributed by atoms with van der Waals surface area (Å²) in [5, 5.41) is 9.69. The number of amides is 1. The van der Waals surface area contributed by atoms with Crippen molar-refractivity contribution in [1.82, 2.24) is 9.88 Å². The second-order valence-corrected chi connectivity index (χ2v) is 5.65. The first kappa shape index (κ1) is 16.0. The zero-order valence-corrected chi connectivity index (χ0v) is 13.1. The Bertz CT molecular complexity index is 733. The Labute approximate surface area is 139 Å². The average molecular weight is 326 g/mol. The highest BCUT2D eigenvalue weighted by Crippen LogP contribution is 2.27. The minimum atomic E-state index is -0.114. The number of hydrogen-bond donors (Lipinski definition) is 1. The SMILES string of the molecule is O=Cc1c(O)cccc1OCC1CCCN1C(=O)c1cccnc1. The number of ether oxygens (including phenoxy) is 1. The minimum Gasteiger partial charge on any atom is -0.507 e. The molecule has 0 spiro atoms. The number of pyridine rings is 1. The summed E-state index contributed by atoms with van der Waals surface area (Å²) in [5.74, 6) is 0.142. The fourth-order valence-electron chi connectivity index (χ4n) is 2.89. The molecule has 1 aromatic heterocycles. The zero-order valence-electron chi connectivity index (χ0n) is 13.1. The summed E-state index contributed by atoms with van der Waals surface area (Å²) < 4.78 is 5.71. The maximum atomic E-state index is 12.6. The number of carbonyl (C=O) groups is 2. The lowest BCUT2D eigenvalue weighted by molar-refractivity contribution is 0.0689. The molecular formula is C18H18N2O4. The monoisotopic (exact) mass is 326 g/mol. The molecule has 6 nitrogen and oxygen atoms in total. The van der Waals surface area contributed by atoms with Crippen molar-refractivity contribution in [3.63, 3.8) is 0 Å². The molecule has 0 aliphatic carbocycles. The molecule has 2 heterocycles. The Morgan fingerprint density at radius 1 is 1.38 bits per heavy atom. The van der Waals surface area contributed by atoms with Crippen molar-refractivity contribution in [2.24, 2.45) is 0 Å². The lowest BCUT2D eigenvalue weighted by atomic mass is 10.2. The standard InChI is InChI=1S/C18H18N2O4/c21-11-15-16(22)6-1-7-17(15)24-12-14-5-3-9-20(14)18(23)13-4-2-8-19-10-13/h1-2,4,6-8,10-11,14,22H,3,5,9,12H2. The number of aromatic nitrogens is 1. The second kappa shape index (κ2) is 7.12. The van der Waals surface area contributed by atoms with Crippen LogP contribution in [0, 0.1) is 0 Å². The average Bonchev–Trinajstić information content (AvgIpc) is 3.08. The van der Waals surface area contributed by atoms with Crippen LogP contribution in [-0.4, -0.2) is 46.4 Å². The smallest absolute Gasteiger partial charge is 0.255 e. The van der Waals surface area contributed by atoms with Gasteiger partial charge in [-0.05, 0) is 37.1 Å². The lowest BCUT2D eigenvalue weighted by Gasteiger charge is -2.25. The van der Waals surface area contributed by atoms with Crippen molar-refractivity contribution >= 4 is 12.2 Å². The van der Waals surface area contributed by atoms with E-state index in [1.807, 2.05) is 0 Å². The molecule has 1 aliphatic rings. The maximum Gasteiger partial charge on any atom is 0.255 e. The van der Waals surface area contributed by atoms with Gasteiger partial charge >= 0.3 is 0 Å². The van der Waals surface area contributed by atoms with Crippen LogP contribution in [0.4, 0.5) is 0 Å². The number of benzene rings is 1. The molecule has 1 aliphatic heterocycles. The highest BCUT2D eigenvalue weighted by atomic mass is 16.5. The number of likely N-dealkylation sites (tertiary alicyclic amines) is 1. The normalized spacial score (nSPS) is 16.8. The van der Waals surface area contributed by atoms with Gasteiger partial charge in [-0.1, -0.05) is 6.07 Å². The molecule has 1 amide bonds. The molecule has 0 bridgehead atoms. The largest absolute Gasteiger partial charge is 0.507 e. The van der Waals surface area contributed by atoms with Crippen LogP contribution in [0.3, 0.4) is 0 Å². The van der Waals surface area contributed by atoms with Gasteiger partial charge in [0.25, 0.3) is 5.91 Å². The first-order valence-corrected chi connectivity index (χ1v) is 7.81. The predicted molar refractivity (Wildman–Crippen MR) is 87.3 cm³/mol. The summed E-state index contributed by atoms with van der Waals surface area (Å²) in [6, 6.07) is 8.09. The molecule has 124 valence electrons. The quantitative estimate of drug-likeness (QED) is 0.853. The van der Waals surface area contributed by atoms with E-state index in [9.17, 15) is 14.7 Å². The number of phenolic OH excluding ortho intramolecular Hbond substituents is 1. The van der Waals surface area contributed by atoms with Crippen molar-refractivity contribution in [2.45, 2.75) is 18.9 Å². The summed E-state index contributed by atoms with van der Waals surface area (Å²) in [4.78, 5) is 29.4. The molecular weight excluding hydrogens is 308 g/mol. The summed E-state index contributed by atoms with van der Waals surface area (Å²) in [6.45, 7) is 0.943. The van der Waals surface area contributed by atoms with Crippen LogP contribution in [0.5, 0.6) is 11.5 Å². The number of aldehydes is 1. The third kappa shape index (κ3) is 3.22. The van der Waals surface area contributed by atoms with Crippen LogP contribution in [0.25, 0.3) is 0 Å². The Morgan fingerprint density at radius 2 is 2.25 bits per heavy atom. The number of hydrogen-bond acceptors (Lipinski definition) is 5. The van der Waals surface area contributed by atoms with Gasteiger partial charge in [-0.15, -0.1) is 0 Å². The Balaban J connectivity index is 1.70. The second-order valence-electron chi connectivity index (χ2n) is 5.65. The first-order valence-electron chi connectivity index (χ1n) is 7.81. The van der Waals surface area contributed by atoms with E-state index >= 15 is 0 Å². The molecule has 1 fully saturated rings. The molecule has 1 aromatic carbocycles. The number of aromatic hydroxyl groups is 1. The molecule has 0 radical (unpaired) electrons. The predicted octanol–water partition coefficient (Wildman–Crippen LogP) is 2.28. The van der Waals surface area contributed by atoms with Crippen LogP contribution in [-0.2, 0) is 0 Å². The van der Waals surface area contributed by atoms with Gasteiger partial charge in [-0.2, -0.15) is 0 Å². The fraction of sp³-hybridized carbons (Fsp3) is 0.278. The van der Waals surface area contributed by atoms with Gasteiger partial charge in [0.1, 0.15) is 18.1 Å². The molecule has 6 heteroatoms. The van der Waals surface area contributed by atoms with E-state index in [0.29, 0.717) is 24.1 Å². The Kier molecular flexibility index (Phi) is 4.74. The fourth-order valence-corrected chi connectivity index (χ4v) is 2.89. The van der Waals surface area contributed by atoms with E-state index in [0.717, 1.165) is 12.8 Å². The number of phenols is 1. The molecule has 24 heavy (non-hydrogen) atoms. The molecule has 0 saturated carbocycles. The first-order chi connectivity index (χ1) is 11.7. The molecule has 1 unspecified atom stereocenters. The van der Waals surface area contributed by atoms with E-state index in [4.69, 9.17) is 4.74 Å². The highest BCUT2D eigenvalue weighted by Gasteiger charge is 2.30. The van der Waals surface area contributed by atoms with Gasteiger partial charge in [-0.25, -0.2) is 0 Å². The third-order valence-corrected chi connectivity index (χ3v) is 4.14. The van der Waals surface area contributed by atoms with Crippen LogP contribution in [0.1, 0.15) is 33.6 Å². The topological polar surface area (TPSA) is 79.7 Å². The molecule has 2 aromatic rings. The van der Waals surface area contributed by atoms with Crippen molar-refractivity contribution in [3.05, 3.63) is 53.9 Å². The van der Waals surface area contributed by atoms with Gasteiger partial charge < -0.3 is 14.7 Å². The number of rotatable bonds is 5. The summed E-state index contributed by atoms with van der Waals surface area (Å²) in [5.41, 5.74) is 0.677. The summed E-state index contributed by atoms with van der Waals surface area (Å²) >= 11 is 0. The van der Waals surface area contributed by atoms with Gasteiger partial charge in [0.15, 0.2) is 6.29 Å². The van der Waals surface area contributed by atoms with Crippen molar-refractivity contribution < 1.29 is 19.4 Å². The zero-order chi connectivity index (χ0) is 16.9. The van der Waals surface area contributed by atoms with Gasteiger partial charge in [0.2, 0.25) is 0 Å². The van der Waals surface area contributed by atoms with E-state index in [-0.39, 0.29) is 29.9 Å². The van der Waals surface area contributed by atoms with E-state index in [1.54, 1.807) is 41.6 Å². The number of carbonyl (C=O) groups excluding carboxylic acids is 2. The van der Waals surface area contributed by atoms with Crippen molar-refractivity contribution in [2.75, 3.05) is 13.2 Å². The van der Waals surface area contributed by atoms with Crippen LogP contribution >= 0.6 is 0 Å². The third-order valence-electron chi connectivity index (χ3n) is 4.14. The Hall–Kier alpha value is -2.89. The summed E-state index contributed by atoms with van der Waals surface area (Å²) in [7, 11) is 0. The molecule has 1 N–H and O–H groups in total. The Morgan fingerprint density at radius 3 is 3.00 bits per heavy atom. The number of nitrogens with zero attached hydrogens (tertiary/aromatic N) is 2. The highest BCUT2D eigenvalue weighted by molar-refractivity contribution is 5.94. The maximum absolute atomic E-state index is 12.6. The summed E-state index contributed by atoms with van der Waals surface area (Å²) in [6.07, 6.45) is 5.49. The lowest BCUT2D eigenvalue weighted by Crippen LogP contribution is -2.39. The molecule has 1 saturated heterocycles. The molecule has 1 atom stereocenters. The van der Waals surface area contributed by atoms with Gasteiger partial charge in [0, 0.05) is 18.9 Å². The van der Waals surface area contributed by atoms with Crippen LogP contribution < -0.4 is 4.74 Å². The van der Waals surface area contributed by atoms with E-state index < -0.39 is 0 Å². The van der Waals surface area contributed by atoms with Crippen LogP contribution in [0.2, 0.25) is 0 Å². The van der Waals surface area contributed by atoms with E-state index in [2.05, 4.69) is 4.98 Å². The van der Waals surface area contributed by atoms with Crippen molar-refractivity contribution in [1.29, 1.82) is 0 Å². The molecule has 3 rings (SSSR count). The minimum absolute atomic E-state index is 0.0688. The van der Waals surface area contributed by atoms with Gasteiger partial charge in [0.05, 0.1) is 17.2 Å². The van der Waals surface area contributed by atoms with Gasteiger partial charge in [-0.3, -0.25) is 14.6 Å². The van der Waals surface area contributed by atoms with Crippen LogP contribution in [0.15, 0.2) is 42.7 Å². The van der Waals surface area contributed by atoms with Crippen molar-refractivity contribution in [3.8, 4) is 11.5 Å².